The molecule has 0 saturated heterocycles. The lowest BCUT2D eigenvalue weighted by molar-refractivity contribution is 0.0825. The number of nitrogens with zero attached hydrogens (tertiary/aromatic N) is 1. The fraction of sp³-hybridized carbons (Fsp3) is 0.609. The van der Waals surface area contributed by atoms with Crippen molar-refractivity contribution >= 4 is 11.4 Å². The van der Waals surface area contributed by atoms with E-state index in [4.69, 9.17) is 14.8 Å². The summed E-state index contributed by atoms with van der Waals surface area (Å²) in [5.74, 6) is 1.10. The summed E-state index contributed by atoms with van der Waals surface area (Å²) >= 11 is 0. The second-order valence-electron chi connectivity index (χ2n) is 8.21. The van der Waals surface area contributed by atoms with E-state index in [-0.39, 0.29) is 6.61 Å². The van der Waals surface area contributed by atoms with Gasteiger partial charge in [0.15, 0.2) is 0 Å². The molecule has 1 aliphatic heterocycles. The Morgan fingerprint density at radius 2 is 1.85 bits per heavy atom. The maximum atomic E-state index is 9.10. The molecule has 0 amide bonds. The summed E-state index contributed by atoms with van der Waals surface area (Å²) in [5.41, 5.74) is 6.35. The average molecular weight is 369 g/mol. The SMILES string of the molecule is OCCc1ccc(NC2=C3CCCC3=NCC2COCC2CCCC2)cc1. The average Bonchev–Trinajstić information content (AvgIpc) is 3.37. The molecule has 0 aromatic heterocycles. The summed E-state index contributed by atoms with van der Waals surface area (Å²) in [6.45, 7) is 2.71. The Labute approximate surface area is 162 Å². The lowest BCUT2D eigenvalue weighted by Crippen LogP contribution is -2.27. The van der Waals surface area contributed by atoms with E-state index in [2.05, 4.69) is 29.6 Å². The van der Waals surface area contributed by atoms with Gasteiger partial charge in [-0.25, -0.2) is 0 Å². The van der Waals surface area contributed by atoms with Crippen molar-refractivity contribution in [3.63, 3.8) is 0 Å². The first-order chi connectivity index (χ1) is 13.3. The van der Waals surface area contributed by atoms with Crippen molar-refractivity contribution in [3.05, 3.63) is 41.1 Å². The number of aliphatic hydroxyl groups is 1. The number of aliphatic hydroxyl groups excluding tert-OH is 1. The molecule has 146 valence electrons. The van der Waals surface area contributed by atoms with Crippen molar-refractivity contribution in [3.8, 4) is 0 Å². The molecule has 4 nitrogen and oxygen atoms in total. The van der Waals surface area contributed by atoms with E-state index in [1.165, 1.54) is 54.6 Å². The highest BCUT2D eigenvalue weighted by Gasteiger charge is 2.29. The number of aliphatic imine (C=N–C) groups is 1. The molecule has 1 aromatic carbocycles. The fourth-order valence-corrected chi connectivity index (χ4v) is 4.66. The number of ether oxygens (including phenoxy) is 1. The molecular formula is C23H32N2O2. The fourth-order valence-electron chi connectivity index (χ4n) is 4.66. The first-order valence-electron chi connectivity index (χ1n) is 10.6. The Hall–Kier alpha value is -1.65. The van der Waals surface area contributed by atoms with Crippen LogP contribution in [0.5, 0.6) is 0 Å². The normalized spacial score (nSPS) is 22.9. The molecule has 27 heavy (non-hydrogen) atoms. The van der Waals surface area contributed by atoms with E-state index in [9.17, 15) is 0 Å². The summed E-state index contributed by atoms with van der Waals surface area (Å²) < 4.78 is 6.15. The molecule has 3 aliphatic rings. The summed E-state index contributed by atoms with van der Waals surface area (Å²) in [4.78, 5) is 4.86. The summed E-state index contributed by atoms with van der Waals surface area (Å²) in [7, 11) is 0. The van der Waals surface area contributed by atoms with Gasteiger partial charge in [0.2, 0.25) is 0 Å². The first kappa shape index (κ1) is 18.7. The van der Waals surface area contributed by atoms with Crippen LogP contribution in [0.4, 0.5) is 5.69 Å². The molecule has 0 spiro atoms. The van der Waals surface area contributed by atoms with Crippen LogP contribution in [0.1, 0.15) is 50.5 Å². The second-order valence-corrected chi connectivity index (χ2v) is 8.21. The standard InChI is InChI=1S/C23H32N2O2/c26-13-12-17-8-10-20(11-9-17)25-23-19(14-24-22-7-3-6-21(22)23)16-27-15-18-4-1-2-5-18/h8-11,18-19,25-26H,1-7,12-16H2. The van der Waals surface area contributed by atoms with Crippen molar-refractivity contribution in [2.75, 3.05) is 31.7 Å². The molecule has 1 aromatic rings. The molecule has 1 unspecified atom stereocenters. The highest BCUT2D eigenvalue weighted by Crippen LogP contribution is 2.34. The minimum absolute atomic E-state index is 0.197. The monoisotopic (exact) mass is 368 g/mol. The number of fused-ring (bicyclic) bond motifs is 1. The molecule has 2 fully saturated rings. The topological polar surface area (TPSA) is 53.8 Å². The van der Waals surface area contributed by atoms with Gasteiger partial charge in [0, 0.05) is 42.8 Å². The Bertz CT molecular complexity index is 687. The minimum atomic E-state index is 0.197. The summed E-state index contributed by atoms with van der Waals surface area (Å²) in [5, 5.41) is 12.8. The second kappa shape index (κ2) is 9.03. The number of anilines is 1. The predicted molar refractivity (Wildman–Crippen MR) is 110 cm³/mol. The highest BCUT2D eigenvalue weighted by atomic mass is 16.5. The van der Waals surface area contributed by atoms with Gasteiger partial charge < -0.3 is 15.2 Å². The Kier molecular flexibility index (Phi) is 6.25. The zero-order valence-corrected chi connectivity index (χ0v) is 16.3. The maximum Gasteiger partial charge on any atom is 0.0567 e. The van der Waals surface area contributed by atoms with Gasteiger partial charge in [-0.15, -0.1) is 0 Å². The number of allylic oxidation sites excluding steroid dienone is 1. The molecule has 4 heteroatoms. The lowest BCUT2D eigenvalue weighted by Gasteiger charge is -2.27. The molecule has 2 N–H and O–H groups in total. The van der Waals surface area contributed by atoms with Gasteiger partial charge in [0.05, 0.1) is 6.61 Å². The first-order valence-corrected chi connectivity index (χ1v) is 10.6. The number of rotatable bonds is 8. The number of dihydropyridines is 1. The van der Waals surface area contributed by atoms with E-state index in [1.807, 2.05) is 0 Å². The van der Waals surface area contributed by atoms with Crippen molar-refractivity contribution in [1.29, 1.82) is 0 Å². The van der Waals surface area contributed by atoms with E-state index < -0.39 is 0 Å². The third-order valence-electron chi connectivity index (χ3n) is 6.21. The molecule has 2 aliphatic carbocycles. The van der Waals surface area contributed by atoms with E-state index in [1.54, 1.807) is 0 Å². The number of nitrogens with one attached hydrogen (secondary N) is 1. The highest BCUT2D eigenvalue weighted by molar-refractivity contribution is 6.03. The minimum Gasteiger partial charge on any atom is -0.396 e. The number of benzene rings is 1. The van der Waals surface area contributed by atoms with Gasteiger partial charge >= 0.3 is 0 Å². The van der Waals surface area contributed by atoms with Crippen LogP contribution in [0, 0.1) is 11.8 Å². The van der Waals surface area contributed by atoms with Crippen molar-refractivity contribution < 1.29 is 9.84 Å². The molecule has 0 radical (unpaired) electrons. The Morgan fingerprint density at radius 1 is 1.04 bits per heavy atom. The van der Waals surface area contributed by atoms with Crippen molar-refractivity contribution in [1.82, 2.24) is 0 Å². The van der Waals surface area contributed by atoms with E-state index in [0.29, 0.717) is 12.3 Å². The molecule has 1 atom stereocenters. The number of hydrogen-bond acceptors (Lipinski definition) is 4. The smallest absolute Gasteiger partial charge is 0.0567 e. The molecular weight excluding hydrogens is 336 g/mol. The van der Waals surface area contributed by atoms with Crippen LogP contribution in [0.2, 0.25) is 0 Å². The van der Waals surface area contributed by atoms with E-state index in [0.717, 1.165) is 44.2 Å². The molecule has 1 heterocycles. The third-order valence-corrected chi connectivity index (χ3v) is 6.21. The van der Waals surface area contributed by atoms with Crippen LogP contribution in [0.3, 0.4) is 0 Å². The van der Waals surface area contributed by atoms with Crippen LogP contribution < -0.4 is 5.32 Å². The third kappa shape index (κ3) is 4.61. The molecule has 0 bridgehead atoms. The summed E-state index contributed by atoms with van der Waals surface area (Å²) in [6.07, 6.45) is 9.57. The van der Waals surface area contributed by atoms with Crippen molar-refractivity contribution in [2.24, 2.45) is 16.8 Å². The van der Waals surface area contributed by atoms with Gasteiger partial charge in [-0.1, -0.05) is 25.0 Å². The van der Waals surface area contributed by atoms with Gasteiger partial charge in [0.25, 0.3) is 0 Å². The van der Waals surface area contributed by atoms with Gasteiger partial charge in [0.1, 0.15) is 0 Å². The van der Waals surface area contributed by atoms with Gasteiger partial charge in [-0.3, -0.25) is 4.99 Å². The lowest BCUT2D eigenvalue weighted by atomic mass is 9.95. The quantitative estimate of drug-likeness (QED) is 0.717. The predicted octanol–water partition coefficient (Wildman–Crippen LogP) is 4.35. The van der Waals surface area contributed by atoms with Crippen molar-refractivity contribution in [2.45, 2.75) is 51.4 Å². The van der Waals surface area contributed by atoms with Crippen LogP contribution >= 0.6 is 0 Å². The van der Waals surface area contributed by atoms with Gasteiger partial charge in [-0.2, -0.15) is 0 Å². The maximum absolute atomic E-state index is 9.10. The van der Waals surface area contributed by atoms with Crippen LogP contribution in [-0.2, 0) is 11.2 Å². The van der Waals surface area contributed by atoms with E-state index >= 15 is 0 Å². The largest absolute Gasteiger partial charge is 0.396 e. The molecule has 4 rings (SSSR count). The summed E-state index contributed by atoms with van der Waals surface area (Å²) in [6, 6.07) is 8.44. The zero-order valence-electron chi connectivity index (χ0n) is 16.3. The zero-order chi connectivity index (χ0) is 18.5. The Morgan fingerprint density at radius 3 is 2.63 bits per heavy atom. The van der Waals surface area contributed by atoms with Crippen LogP contribution in [0.25, 0.3) is 0 Å². The molecule has 2 saturated carbocycles. The van der Waals surface area contributed by atoms with Gasteiger partial charge in [-0.05, 0) is 67.7 Å². The Balaban J connectivity index is 1.43. The van der Waals surface area contributed by atoms with Crippen LogP contribution in [0.15, 0.2) is 40.5 Å². The van der Waals surface area contributed by atoms with Crippen LogP contribution in [-0.4, -0.2) is 37.2 Å². The number of hydrogen-bond donors (Lipinski definition) is 2.